The Balaban J connectivity index is 1.43. The van der Waals surface area contributed by atoms with Crippen LogP contribution in [0.25, 0.3) is 6.08 Å². The lowest BCUT2D eigenvalue weighted by Gasteiger charge is -2.12. The van der Waals surface area contributed by atoms with Crippen molar-refractivity contribution in [3.63, 3.8) is 0 Å². The molecular formula is C30H22Cl2FN3O3S. The summed E-state index contributed by atoms with van der Waals surface area (Å²) < 4.78 is 14.5. The van der Waals surface area contributed by atoms with Crippen molar-refractivity contribution in [2.24, 2.45) is 0 Å². The molecule has 0 spiro atoms. The van der Waals surface area contributed by atoms with Crippen LogP contribution in [0.2, 0.25) is 10.0 Å². The number of anilines is 2. The molecular weight excluding hydrogens is 572 g/mol. The highest BCUT2D eigenvalue weighted by atomic mass is 35.5. The molecule has 0 atom stereocenters. The Kier molecular flexibility index (Phi) is 9.96. The SMILES string of the molecule is O=C(CSc1ccc(NC(=O)/C(=C/c2c(F)cccc2Cl)NC(=O)c2ccccc2)cc1)Nc1ccc(Cl)cc1. The Morgan fingerprint density at radius 1 is 0.775 bits per heavy atom. The van der Waals surface area contributed by atoms with E-state index in [0.717, 1.165) is 4.90 Å². The van der Waals surface area contributed by atoms with E-state index in [1.165, 1.54) is 36.0 Å². The first-order chi connectivity index (χ1) is 19.3. The maximum atomic E-state index is 14.5. The highest BCUT2D eigenvalue weighted by Gasteiger charge is 2.17. The molecule has 0 fully saturated rings. The summed E-state index contributed by atoms with van der Waals surface area (Å²) in [6, 6.07) is 26.1. The minimum absolute atomic E-state index is 0.0358. The van der Waals surface area contributed by atoms with Gasteiger partial charge < -0.3 is 16.0 Å². The van der Waals surface area contributed by atoms with Gasteiger partial charge in [-0.05, 0) is 78.9 Å². The number of carbonyl (C=O) groups excluding carboxylic acids is 3. The third kappa shape index (κ3) is 8.19. The maximum Gasteiger partial charge on any atom is 0.272 e. The number of rotatable bonds is 9. The smallest absolute Gasteiger partial charge is 0.272 e. The molecule has 0 aromatic heterocycles. The van der Waals surface area contributed by atoms with E-state index in [9.17, 15) is 18.8 Å². The zero-order valence-corrected chi connectivity index (χ0v) is 23.1. The van der Waals surface area contributed by atoms with Crippen LogP contribution in [-0.4, -0.2) is 23.5 Å². The lowest BCUT2D eigenvalue weighted by molar-refractivity contribution is -0.114. The van der Waals surface area contributed by atoms with E-state index in [0.29, 0.717) is 22.0 Å². The van der Waals surface area contributed by atoms with E-state index in [-0.39, 0.29) is 27.9 Å². The standard InChI is InChI=1S/C30H22Cl2FN3O3S/c31-20-9-11-21(12-10-20)34-28(37)18-40-23-15-13-22(14-16-23)35-30(39)27(17-24-25(32)7-4-8-26(24)33)36-29(38)19-5-2-1-3-6-19/h1-17H,18H2,(H,34,37)(H,35,39)(H,36,38)/b27-17-. The van der Waals surface area contributed by atoms with Crippen LogP contribution in [0.5, 0.6) is 0 Å². The van der Waals surface area contributed by atoms with Gasteiger partial charge in [0.25, 0.3) is 11.8 Å². The quantitative estimate of drug-likeness (QED) is 0.141. The predicted octanol–water partition coefficient (Wildman–Crippen LogP) is 7.27. The molecule has 4 rings (SSSR count). The molecule has 40 heavy (non-hydrogen) atoms. The van der Waals surface area contributed by atoms with Crippen molar-refractivity contribution in [1.29, 1.82) is 0 Å². The second kappa shape index (κ2) is 13.8. The summed E-state index contributed by atoms with van der Waals surface area (Å²) in [5.41, 5.74) is 1.17. The molecule has 0 saturated heterocycles. The van der Waals surface area contributed by atoms with E-state index >= 15 is 0 Å². The van der Waals surface area contributed by atoms with E-state index < -0.39 is 17.6 Å². The van der Waals surface area contributed by atoms with Gasteiger partial charge in [0.15, 0.2) is 0 Å². The van der Waals surface area contributed by atoms with Crippen LogP contribution < -0.4 is 16.0 Å². The monoisotopic (exact) mass is 593 g/mol. The molecule has 0 radical (unpaired) electrons. The minimum Gasteiger partial charge on any atom is -0.325 e. The van der Waals surface area contributed by atoms with Gasteiger partial charge in [-0.2, -0.15) is 0 Å². The zero-order chi connectivity index (χ0) is 28.5. The summed E-state index contributed by atoms with van der Waals surface area (Å²) in [7, 11) is 0. The van der Waals surface area contributed by atoms with Crippen LogP contribution in [0, 0.1) is 5.82 Å². The van der Waals surface area contributed by atoms with Crippen LogP contribution in [0.3, 0.4) is 0 Å². The van der Waals surface area contributed by atoms with Crippen molar-refractivity contribution in [3.8, 4) is 0 Å². The number of hydrogen-bond donors (Lipinski definition) is 3. The number of hydrogen-bond acceptors (Lipinski definition) is 4. The summed E-state index contributed by atoms with van der Waals surface area (Å²) in [5, 5.41) is 8.71. The Morgan fingerprint density at radius 2 is 1.43 bits per heavy atom. The summed E-state index contributed by atoms with van der Waals surface area (Å²) in [6.07, 6.45) is 1.19. The molecule has 10 heteroatoms. The van der Waals surface area contributed by atoms with Gasteiger partial charge in [-0.25, -0.2) is 4.39 Å². The third-order valence-electron chi connectivity index (χ3n) is 5.43. The molecule has 4 aromatic carbocycles. The highest BCUT2D eigenvalue weighted by Crippen LogP contribution is 2.24. The fourth-order valence-electron chi connectivity index (χ4n) is 3.45. The Labute approximate surface area is 244 Å². The number of thioether (sulfide) groups is 1. The number of halogens is 3. The van der Waals surface area contributed by atoms with Gasteiger partial charge in [0, 0.05) is 32.4 Å². The fraction of sp³-hybridized carbons (Fsp3) is 0.0333. The lowest BCUT2D eigenvalue weighted by Crippen LogP contribution is -2.30. The third-order valence-corrected chi connectivity index (χ3v) is 7.02. The Hall–Kier alpha value is -4.11. The fourth-order valence-corrected chi connectivity index (χ4v) is 4.49. The molecule has 6 nitrogen and oxygen atoms in total. The van der Waals surface area contributed by atoms with Gasteiger partial charge in [0.2, 0.25) is 5.91 Å². The largest absolute Gasteiger partial charge is 0.325 e. The van der Waals surface area contributed by atoms with Crippen LogP contribution >= 0.6 is 35.0 Å². The average molecular weight is 594 g/mol. The molecule has 0 unspecified atom stereocenters. The van der Waals surface area contributed by atoms with Crippen molar-refractivity contribution in [1.82, 2.24) is 5.32 Å². The summed E-state index contributed by atoms with van der Waals surface area (Å²) in [6.45, 7) is 0. The van der Waals surface area contributed by atoms with E-state index in [2.05, 4.69) is 16.0 Å². The molecule has 4 aromatic rings. The van der Waals surface area contributed by atoms with Gasteiger partial charge in [-0.3, -0.25) is 14.4 Å². The molecule has 0 aliphatic rings. The van der Waals surface area contributed by atoms with Crippen molar-refractivity contribution in [2.75, 3.05) is 16.4 Å². The van der Waals surface area contributed by atoms with Gasteiger partial charge in [-0.15, -0.1) is 11.8 Å². The molecule has 0 aliphatic carbocycles. The average Bonchev–Trinajstić information content (AvgIpc) is 2.95. The second-order valence-corrected chi connectivity index (χ2v) is 10.2. The Bertz CT molecular complexity index is 1530. The summed E-state index contributed by atoms with van der Waals surface area (Å²) >= 11 is 13.3. The zero-order valence-electron chi connectivity index (χ0n) is 20.8. The van der Waals surface area contributed by atoms with Crippen LogP contribution in [0.15, 0.2) is 108 Å². The number of carbonyl (C=O) groups is 3. The molecule has 202 valence electrons. The topological polar surface area (TPSA) is 87.3 Å². The molecule has 3 amide bonds. The molecule has 3 N–H and O–H groups in total. The number of nitrogens with one attached hydrogen (secondary N) is 3. The van der Waals surface area contributed by atoms with Crippen LogP contribution in [0.1, 0.15) is 15.9 Å². The van der Waals surface area contributed by atoms with Gasteiger partial charge >= 0.3 is 0 Å². The van der Waals surface area contributed by atoms with E-state index in [1.54, 1.807) is 78.9 Å². The first-order valence-electron chi connectivity index (χ1n) is 11.9. The summed E-state index contributed by atoms with van der Waals surface area (Å²) in [5.74, 6) is -1.87. The first kappa shape index (κ1) is 28.9. The van der Waals surface area contributed by atoms with E-state index in [4.69, 9.17) is 23.2 Å². The summed E-state index contributed by atoms with van der Waals surface area (Å²) in [4.78, 5) is 39.0. The lowest BCUT2D eigenvalue weighted by atomic mass is 10.1. The van der Waals surface area contributed by atoms with Crippen molar-refractivity contribution in [3.05, 3.63) is 130 Å². The van der Waals surface area contributed by atoms with Crippen molar-refractivity contribution in [2.45, 2.75) is 4.90 Å². The van der Waals surface area contributed by atoms with Gasteiger partial charge in [0.05, 0.1) is 10.8 Å². The van der Waals surface area contributed by atoms with Crippen LogP contribution in [-0.2, 0) is 9.59 Å². The Morgan fingerprint density at radius 3 is 2.10 bits per heavy atom. The maximum absolute atomic E-state index is 14.5. The molecule has 0 saturated carbocycles. The molecule has 0 aliphatic heterocycles. The second-order valence-electron chi connectivity index (χ2n) is 8.34. The predicted molar refractivity (Wildman–Crippen MR) is 159 cm³/mol. The number of amides is 3. The minimum atomic E-state index is -0.675. The van der Waals surface area contributed by atoms with E-state index in [1.807, 2.05) is 0 Å². The molecule has 0 bridgehead atoms. The number of benzene rings is 4. The van der Waals surface area contributed by atoms with Gasteiger partial charge in [0.1, 0.15) is 11.5 Å². The normalized spacial score (nSPS) is 11.0. The first-order valence-corrected chi connectivity index (χ1v) is 13.6. The van der Waals surface area contributed by atoms with Gasteiger partial charge in [-0.1, -0.05) is 47.5 Å². The highest BCUT2D eigenvalue weighted by molar-refractivity contribution is 8.00. The molecule has 0 heterocycles. The van der Waals surface area contributed by atoms with Crippen molar-refractivity contribution >= 4 is 70.1 Å². The van der Waals surface area contributed by atoms with Crippen LogP contribution in [0.4, 0.5) is 15.8 Å². The van der Waals surface area contributed by atoms with Crippen molar-refractivity contribution < 1.29 is 18.8 Å².